The van der Waals surface area contributed by atoms with E-state index in [0.717, 1.165) is 83.1 Å². The Morgan fingerprint density at radius 2 is 0.925 bits per heavy atom. The standard InChI is InChI=1S/C47H56Br2N2O2/c1-4-6-8-10-12-13-15-17-31-50-44-38-27-30-41-43(35-21-25-37(49)26-22-35)47(53)51(32-33(3)18-16-14-11-9-7-5-2)45(41)39(38)28-29-40(44)42(46(50)52)34-19-23-36(48)24-20-34/h19-30,33H,4-18,31-32H2,1-3H3. The average Bonchev–Trinajstić information content (AvgIpc) is 3.60. The first-order chi connectivity index (χ1) is 25.8. The van der Waals surface area contributed by atoms with Gasteiger partial charge in [0.15, 0.2) is 0 Å². The van der Waals surface area contributed by atoms with E-state index >= 15 is 0 Å². The van der Waals surface area contributed by atoms with E-state index in [1.807, 2.05) is 53.4 Å². The van der Waals surface area contributed by atoms with Crippen LogP contribution in [0.1, 0.15) is 128 Å². The van der Waals surface area contributed by atoms with Crippen molar-refractivity contribution in [3.05, 3.63) is 103 Å². The number of carbonyl (C=O) groups excluding carboxylic acids is 2. The normalized spacial score (nSPS) is 14.5. The lowest BCUT2D eigenvalue weighted by Gasteiger charge is -2.25. The zero-order valence-electron chi connectivity index (χ0n) is 32.0. The van der Waals surface area contributed by atoms with Crippen LogP contribution in [0.2, 0.25) is 0 Å². The maximum absolute atomic E-state index is 14.6. The van der Waals surface area contributed by atoms with E-state index in [0.29, 0.717) is 19.0 Å². The number of fused-ring (bicyclic) bond motifs is 5. The Hall–Kier alpha value is -3.22. The largest absolute Gasteiger partial charge is 0.307 e. The second kappa shape index (κ2) is 18.9. The van der Waals surface area contributed by atoms with Crippen molar-refractivity contribution in [1.82, 2.24) is 0 Å². The summed E-state index contributed by atoms with van der Waals surface area (Å²) in [6.07, 6.45) is 18.4. The van der Waals surface area contributed by atoms with Crippen LogP contribution in [0.25, 0.3) is 21.9 Å². The predicted octanol–water partition coefficient (Wildman–Crippen LogP) is 12.0. The number of rotatable bonds is 20. The molecule has 6 heteroatoms. The highest BCUT2D eigenvalue weighted by Crippen LogP contribution is 2.38. The summed E-state index contributed by atoms with van der Waals surface area (Å²) in [5.41, 5.74) is 5.36. The van der Waals surface area contributed by atoms with Gasteiger partial charge in [0.25, 0.3) is 11.8 Å². The summed E-state index contributed by atoms with van der Waals surface area (Å²) in [5, 5.41) is 4.04. The summed E-state index contributed by atoms with van der Waals surface area (Å²) in [5.74, 6) is 0.504. The topological polar surface area (TPSA) is 40.6 Å². The molecular weight excluding hydrogens is 784 g/mol. The van der Waals surface area contributed by atoms with Gasteiger partial charge in [0.05, 0.1) is 22.5 Å². The van der Waals surface area contributed by atoms with E-state index in [-0.39, 0.29) is 11.8 Å². The van der Waals surface area contributed by atoms with Crippen molar-refractivity contribution in [3.8, 4) is 0 Å². The number of carbonyl (C=O) groups is 2. The van der Waals surface area contributed by atoms with Crippen molar-refractivity contribution in [2.75, 3.05) is 22.9 Å². The quantitative estimate of drug-likeness (QED) is 0.0832. The Morgan fingerprint density at radius 1 is 0.509 bits per heavy atom. The fraction of sp³-hybridized carbons (Fsp3) is 0.447. The SMILES string of the molecule is CCCCCCCCCCN1C(=O)C(c2ccc(Br)cc2)=c2ccc3c4c(ccc3c21)=C(c1ccc(Br)cc1)C(=O)N4CC(C)CCCCCCCC. The minimum Gasteiger partial charge on any atom is -0.307 e. The number of anilines is 2. The average molecular weight is 841 g/mol. The molecule has 4 aromatic rings. The summed E-state index contributed by atoms with van der Waals surface area (Å²) in [6.45, 7) is 8.18. The molecule has 53 heavy (non-hydrogen) atoms. The highest BCUT2D eigenvalue weighted by Gasteiger charge is 2.35. The highest BCUT2D eigenvalue weighted by atomic mass is 79.9. The number of nitrogens with zero attached hydrogens (tertiary/aromatic N) is 2. The van der Waals surface area contributed by atoms with Crippen LogP contribution in [0.15, 0.2) is 81.7 Å². The third kappa shape index (κ3) is 9.02. The molecule has 2 aliphatic heterocycles. The summed E-state index contributed by atoms with van der Waals surface area (Å²) in [6, 6.07) is 24.8. The molecule has 0 aromatic heterocycles. The van der Waals surface area contributed by atoms with Gasteiger partial charge in [-0.2, -0.15) is 0 Å². The molecule has 2 aliphatic rings. The lowest BCUT2D eigenvalue weighted by atomic mass is 9.98. The third-order valence-electron chi connectivity index (χ3n) is 11.2. The Bertz CT molecular complexity index is 2020. The molecule has 0 saturated heterocycles. The molecule has 0 bridgehead atoms. The fourth-order valence-electron chi connectivity index (χ4n) is 8.32. The minimum atomic E-state index is 0.0686. The molecule has 1 atom stereocenters. The monoisotopic (exact) mass is 838 g/mol. The summed E-state index contributed by atoms with van der Waals surface area (Å²) < 4.78 is 1.98. The van der Waals surface area contributed by atoms with Crippen LogP contribution in [0, 0.1) is 5.92 Å². The molecule has 1 unspecified atom stereocenters. The Balaban J connectivity index is 1.40. The minimum absolute atomic E-state index is 0.0686. The van der Waals surface area contributed by atoms with Crippen LogP contribution >= 0.6 is 31.9 Å². The van der Waals surface area contributed by atoms with Crippen LogP contribution in [0.4, 0.5) is 11.4 Å². The second-order valence-electron chi connectivity index (χ2n) is 15.3. The summed E-state index contributed by atoms with van der Waals surface area (Å²) in [7, 11) is 0. The summed E-state index contributed by atoms with van der Waals surface area (Å²) >= 11 is 7.16. The van der Waals surface area contributed by atoms with Crippen LogP contribution < -0.4 is 20.2 Å². The van der Waals surface area contributed by atoms with E-state index in [2.05, 4.69) is 81.8 Å². The van der Waals surface area contributed by atoms with Gasteiger partial charge in [-0.25, -0.2) is 0 Å². The van der Waals surface area contributed by atoms with Gasteiger partial charge in [0.1, 0.15) is 0 Å². The molecule has 2 heterocycles. The molecule has 2 amide bonds. The molecular formula is C47H56Br2N2O2. The van der Waals surface area contributed by atoms with Crippen molar-refractivity contribution < 1.29 is 9.59 Å². The molecule has 0 saturated carbocycles. The van der Waals surface area contributed by atoms with Crippen molar-refractivity contribution in [2.24, 2.45) is 5.92 Å². The van der Waals surface area contributed by atoms with Gasteiger partial charge in [0, 0.05) is 43.2 Å². The predicted molar refractivity (Wildman–Crippen MR) is 231 cm³/mol. The maximum Gasteiger partial charge on any atom is 0.259 e. The van der Waals surface area contributed by atoms with Crippen LogP contribution in [0.3, 0.4) is 0 Å². The molecule has 0 fully saturated rings. The van der Waals surface area contributed by atoms with Crippen LogP contribution in [-0.2, 0) is 9.59 Å². The zero-order chi connectivity index (χ0) is 37.3. The van der Waals surface area contributed by atoms with Gasteiger partial charge >= 0.3 is 0 Å². The first-order valence-corrected chi connectivity index (χ1v) is 21.9. The molecule has 4 aromatic carbocycles. The van der Waals surface area contributed by atoms with Gasteiger partial charge < -0.3 is 9.80 Å². The third-order valence-corrected chi connectivity index (χ3v) is 12.2. The van der Waals surface area contributed by atoms with E-state index in [1.54, 1.807) is 0 Å². The lowest BCUT2D eigenvalue weighted by Crippen LogP contribution is -2.33. The fourth-order valence-corrected chi connectivity index (χ4v) is 8.85. The van der Waals surface area contributed by atoms with E-state index in [1.165, 1.54) is 77.0 Å². The van der Waals surface area contributed by atoms with Gasteiger partial charge in [-0.1, -0.05) is 185 Å². The van der Waals surface area contributed by atoms with Crippen molar-refractivity contribution in [2.45, 2.75) is 117 Å². The van der Waals surface area contributed by atoms with Crippen molar-refractivity contribution in [1.29, 1.82) is 0 Å². The van der Waals surface area contributed by atoms with Crippen LogP contribution in [0.5, 0.6) is 0 Å². The molecule has 6 rings (SSSR count). The van der Waals surface area contributed by atoms with E-state index < -0.39 is 0 Å². The van der Waals surface area contributed by atoms with Gasteiger partial charge in [0.2, 0.25) is 0 Å². The Kier molecular flexibility index (Phi) is 14.1. The number of unbranched alkanes of at least 4 members (excludes halogenated alkanes) is 12. The summed E-state index contributed by atoms with van der Waals surface area (Å²) in [4.78, 5) is 33.2. The smallest absolute Gasteiger partial charge is 0.259 e. The van der Waals surface area contributed by atoms with E-state index in [9.17, 15) is 9.59 Å². The molecule has 4 nitrogen and oxygen atoms in total. The van der Waals surface area contributed by atoms with Crippen LogP contribution in [-0.4, -0.2) is 24.9 Å². The molecule has 0 spiro atoms. The molecule has 0 N–H and O–H groups in total. The highest BCUT2D eigenvalue weighted by molar-refractivity contribution is 9.10. The van der Waals surface area contributed by atoms with Gasteiger partial charge in [-0.3, -0.25) is 9.59 Å². The Morgan fingerprint density at radius 3 is 1.42 bits per heavy atom. The van der Waals surface area contributed by atoms with Crippen molar-refractivity contribution in [3.63, 3.8) is 0 Å². The lowest BCUT2D eigenvalue weighted by molar-refractivity contribution is -0.114. The first kappa shape index (κ1) is 39.5. The Labute approximate surface area is 334 Å². The number of benzene rings is 4. The van der Waals surface area contributed by atoms with E-state index in [4.69, 9.17) is 0 Å². The number of hydrogen-bond donors (Lipinski definition) is 0. The first-order valence-electron chi connectivity index (χ1n) is 20.3. The number of hydrogen-bond acceptors (Lipinski definition) is 2. The van der Waals surface area contributed by atoms with Gasteiger partial charge in [-0.15, -0.1) is 0 Å². The zero-order valence-corrected chi connectivity index (χ0v) is 35.2. The number of halogens is 2. The second-order valence-corrected chi connectivity index (χ2v) is 17.1. The number of amides is 2. The molecule has 0 radical (unpaired) electrons. The molecule has 0 aliphatic carbocycles. The molecule has 280 valence electrons. The van der Waals surface area contributed by atoms with Gasteiger partial charge in [-0.05, 0) is 54.2 Å². The maximum atomic E-state index is 14.6. The van der Waals surface area contributed by atoms with Crippen molar-refractivity contribution >= 4 is 77.0 Å².